The molecule has 0 aliphatic carbocycles. The minimum absolute atomic E-state index is 0.0589. The van der Waals surface area contributed by atoms with Crippen molar-refractivity contribution in [2.24, 2.45) is 12.1 Å². The van der Waals surface area contributed by atoms with Crippen LogP contribution in [0.25, 0.3) is 0 Å². The molecule has 10 heteroatoms. The molecular weight excluding hydrogens is 502 g/mol. The number of hydrogen-bond acceptors (Lipinski definition) is 7. The van der Waals surface area contributed by atoms with Crippen molar-refractivity contribution in [3.63, 3.8) is 0 Å². The van der Waals surface area contributed by atoms with Crippen molar-refractivity contribution in [2.45, 2.75) is 12.5 Å². The van der Waals surface area contributed by atoms with E-state index in [2.05, 4.69) is 4.90 Å². The van der Waals surface area contributed by atoms with E-state index in [1.807, 2.05) is 65.7 Å². The number of rotatable bonds is 9. The fraction of sp³-hybridized carbons (Fsp3) is 0.393. The lowest BCUT2D eigenvalue weighted by atomic mass is 9.99. The lowest BCUT2D eigenvalue weighted by Crippen LogP contribution is -2.46. The fourth-order valence-electron chi connectivity index (χ4n) is 4.97. The monoisotopic (exact) mass is 535 g/mol. The van der Waals surface area contributed by atoms with E-state index in [0.29, 0.717) is 43.4 Å². The van der Waals surface area contributed by atoms with Gasteiger partial charge in [-0.25, -0.2) is 5.01 Å². The Balaban J connectivity index is 1.41. The zero-order valence-corrected chi connectivity index (χ0v) is 22.6. The quantitative estimate of drug-likeness (QED) is 0.420. The summed E-state index contributed by atoms with van der Waals surface area (Å²) in [5, 5.41) is 8.24. The first kappa shape index (κ1) is 26.1. The maximum absolute atomic E-state index is 13.9. The SMILES string of the molecule is COc1ccccc1[C@H]1CC(c2cccn2C)=NN1C(=O)CN(CCN1CCOCC1)C(=O)c1cccs1. The van der Waals surface area contributed by atoms with E-state index in [-0.39, 0.29) is 24.4 Å². The third kappa shape index (κ3) is 5.67. The second-order valence-electron chi connectivity index (χ2n) is 9.41. The Bertz CT molecular complexity index is 1280. The molecule has 4 heterocycles. The maximum atomic E-state index is 13.9. The highest BCUT2D eigenvalue weighted by atomic mass is 32.1. The highest BCUT2D eigenvalue weighted by Gasteiger charge is 2.36. The maximum Gasteiger partial charge on any atom is 0.264 e. The van der Waals surface area contributed by atoms with E-state index in [9.17, 15) is 9.59 Å². The van der Waals surface area contributed by atoms with Gasteiger partial charge < -0.3 is 18.9 Å². The van der Waals surface area contributed by atoms with Crippen LogP contribution in [0.3, 0.4) is 0 Å². The topological polar surface area (TPSA) is 79.6 Å². The van der Waals surface area contributed by atoms with Crippen LogP contribution in [0.5, 0.6) is 5.75 Å². The van der Waals surface area contributed by atoms with Crippen LogP contribution in [0.2, 0.25) is 0 Å². The zero-order valence-electron chi connectivity index (χ0n) is 21.8. The molecule has 2 aromatic heterocycles. The van der Waals surface area contributed by atoms with Gasteiger partial charge in [-0.05, 0) is 29.6 Å². The van der Waals surface area contributed by atoms with Crippen molar-refractivity contribution in [1.29, 1.82) is 0 Å². The minimum atomic E-state index is -0.332. The Morgan fingerprint density at radius 2 is 1.95 bits per heavy atom. The molecule has 2 aliphatic heterocycles. The van der Waals surface area contributed by atoms with Crippen LogP contribution >= 0.6 is 11.3 Å². The Kier molecular flexibility index (Phi) is 8.21. The van der Waals surface area contributed by atoms with Crippen LogP contribution in [0.1, 0.15) is 33.4 Å². The van der Waals surface area contributed by atoms with E-state index in [1.165, 1.54) is 11.3 Å². The highest BCUT2D eigenvalue weighted by Crippen LogP contribution is 2.37. The third-order valence-electron chi connectivity index (χ3n) is 7.04. The molecular formula is C28H33N5O4S. The summed E-state index contributed by atoms with van der Waals surface area (Å²) >= 11 is 1.39. The molecule has 5 rings (SSSR count). The molecule has 1 atom stereocenters. The predicted octanol–water partition coefficient (Wildman–Crippen LogP) is 3.25. The first-order valence-electron chi connectivity index (χ1n) is 12.8. The van der Waals surface area contributed by atoms with Gasteiger partial charge in [-0.15, -0.1) is 11.3 Å². The number of aryl methyl sites for hydroxylation is 1. The number of hydrogen-bond donors (Lipinski definition) is 0. The number of para-hydroxylation sites is 1. The molecule has 1 aromatic carbocycles. The molecule has 0 spiro atoms. The predicted molar refractivity (Wildman–Crippen MR) is 147 cm³/mol. The van der Waals surface area contributed by atoms with Crippen molar-refractivity contribution in [1.82, 2.24) is 19.4 Å². The molecule has 9 nitrogen and oxygen atoms in total. The molecule has 0 saturated carbocycles. The molecule has 1 fully saturated rings. The van der Waals surface area contributed by atoms with Crippen molar-refractivity contribution >= 4 is 28.9 Å². The number of benzene rings is 1. The van der Waals surface area contributed by atoms with E-state index in [0.717, 1.165) is 30.1 Å². The highest BCUT2D eigenvalue weighted by molar-refractivity contribution is 7.12. The normalized spacial score (nSPS) is 17.9. The summed E-state index contributed by atoms with van der Waals surface area (Å²) in [7, 11) is 3.60. The number of thiophene rings is 1. The van der Waals surface area contributed by atoms with Crippen LogP contribution in [0.15, 0.2) is 65.2 Å². The summed E-state index contributed by atoms with van der Waals surface area (Å²) < 4.78 is 13.1. The summed E-state index contributed by atoms with van der Waals surface area (Å²) in [6.07, 6.45) is 2.52. The average molecular weight is 536 g/mol. The second-order valence-corrected chi connectivity index (χ2v) is 10.4. The molecule has 0 bridgehead atoms. The van der Waals surface area contributed by atoms with Crippen LogP contribution < -0.4 is 4.74 Å². The number of hydrazone groups is 1. The molecule has 3 aromatic rings. The molecule has 0 radical (unpaired) electrons. The van der Waals surface area contributed by atoms with Crippen LogP contribution in [-0.4, -0.2) is 89.9 Å². The van der Waals surface area contributed by atoms with E-state index in [1.54, 1.807) is 23.1 Å². The Hall–Kier alpha value is -3.47. The Morgan fingerprint density at radius 3 is 2.66 bits per heavy atom. The zero-order chi connectivity index (χ0) is 26.5. The van der Waals surface area contributed by atoms with Gasteiger partial charge >= 0.3 is 0 Å². The second kappa shape index (κ2) is 11.9. The number of nitrogens with zero attached hydrogens (tertiary/aromatic N) is 5. The van der Waals surface area contributed by atoms with Crippen molar-refractivity contribution < 1.29 is 19.1 Å². The third-order valence-corrected chi connectivity index (χ3v) is 7.90. The Morgan fingerprint density at radius 1 is 1.13 bits per heavy atom. The lowest BCUT2D eigenvalue weighted by molar-refractivity contribution is -0.133. The molecule has 2 aliphatic rings. The van der Waals surface area contributed by atoms with Crippen molar-refractivity contribution in [2.75, 3.05) is 53.0 Å². The summed E-state index contributed by atoms with van der Waals surface area (Å²) in [6, 6.07) is 15.0. The van der Waals surface area contributed by atoms with Gasteiger partial charge in [0.2, 0.25) is 0 Å². The van der Waals surface area contributed by atoms with Gasteiger partial charge in [-0.2, -0.15) is 5.10 Å². The average Bonchev–Trinajstić information content (AvgIpc) is 3.72. The fourth-order valence-corrected chi connectivity index (χ4v) is 5.66. The summed E-state index contributed by atoms with van der Waals surface area (Å²) in [4.78, 5) is 31.9. The summed E-state index contributed by atoms with van der Waals surface area (Å²) in [5.74, 6) is 0.343. The smallest absolute Gasteiger partial charge is 0.264 e. The van der Waals surface area contributed by atoms with E-state index >= 15 is 0 Å². The van der Waals surface area contributed by atoms with Crippen LogP contribution in [0.4, 0.5) is 0 Å². The first-order chi connectivity index (χ1) is 18.5. The number of morpholine rings is 1. The van der Waals surface area contributed by atoms with Crippen molar-refractivity contribution in [3.8, 4) is 5.75 Å². The van der Waals surface area contributed by atoms with Crippen LogP contribution in [-0.2, 0) is 16.6 Å². The number of carbonyl (C=O) groups is 2. The standard InChI is InChI=1S/C28H33N5O4S/c1-30-11-5-8-23(30)22-19-24(21-7-3-4-9-25(21)36-2)33(29-22)27(34)20-32(28(35)26-10-6-18-38-26)13-12-31-14-16-37-17-15-31/h3-11,18,24H,12-17,19-20H2,1-2H3/t24-/m1/s1. The molecule has 0 N–H and O–H groups in total. The number of methoxy groups -OCH3 is 1. The lowest BCUT2D eigenvalue weighted by Gasteiger charge is -2.31. The number of amides is 2. The van der Waals surface area contributed by atoms with Crippen LogP contribution in [0, 0.1) is 0 Å². The van der Waals surface area contributed by atoms with Gasteiger partial charge in [-0.3, -0.25) is 14.5 Å². The molecule has 0 unspecified atom stereocenters. The molecule has 1 saturated heterocycles. The first-order valence-corrected chi connectivity index (χ1v) is 13.7. The summed E-state index contributed by atoms with van der Waals surface area (Å²) in [5.41, 5.74) is 2.67. The van der Waals surface area contributed by atoms with Crippen molar-refractivity contribution in [3.05, 3.63) is 76.2 Å². The number of ether oxygens (including phenoxy) is 2. The van der Waals surface area contributed by atoms with Gasteiger partial charge in [-0.1, -0.05) is 24.3 Å². The van der Waals surface area contributed by atoms with Gasteiger partial charge in [0.15, 0.2) is 0 Å². The number of aromatic nitrogens is 1. The Labute approximate surface area is 226 Å². The number of carbonyl (C=O) groups excluding carboxylic acids is 2. The largest absolute Gasteiger partial charge is 0.496 e. The molecule has 200 valence electrons. The van der Waals surface area contributed by atoms with Gasteiger partial charge in [0, 0.05) is 51.4 Å². The molecule has 38 heavy (non-hydrogen) atoms. The van der Waals surface area contributed by atoms with E-state index < -0.39 is 0 Å². The minimum Gasteiger partial charge on any atom is -0.496 e. The van der Waals surface area contributed by atoms with E-state index in [4.69, 9.17) is 14.6 Å². The summed E-state index contributed by atoms with van der Waals surface area (Å²) in [6.45, 7) is 4.08. The molecule has 2 amide bonds. The van der Waals surface area contributed by atoms with Gasteiger partial charge in [0.25, 0.3) is 11.8 Å². The van der Waals surface area contributed by atoms with Gasteiger partial charge in [0.05, 0.1) is 42.6 Å². The van der Waals surface area contributed by atoms with Gasteiger partial charge in [0.1, 0.15) is 12.3 Å².